The van der Waals surface area contributed by atoms with Gasteiger partial charge in [-0.05, 0) is 53.0 Å². The zero-order chi connectivity index (χ0) is 14.1. The third-order valence-corrected chi connectivity index (χ3v) is 4.04. The lowest BCUT2D eigenvalue weighted by atomic mass is 9.57. The highest BCUT2D eigenvalue weighted by Gasteiger charge is 2.52. The number of halogens is 1. The number of carbonyl (C=O) groups excluding carboxylic acids is 1. The second-order valence-electron chi connectivity index (χ2n) is 6.97. The van der Waals surface area contributed by atoms with E-state index in [1.165, 1.54) is 5.57 Å². The molecule has 3 nitrogen and oxygen atoms in total. The van der Waals surface area contributed by atoms with Crippen molar-refractivity contribution in [2.24, 2.45) is 10.8 Å². The van der Waals surface area contributed by atoms with E-state index in [2.05, 4.69) is 30.6 Å². The first-order valence-electron chi connectivity index (χ1n) is 6.62. The first-order valence-corrected chi connectivity index (χ1v) is 6.62. The molecule has 0 spiro atoms. The van der Waals surface area contributed by atoms with Crippen LogP contribution in [0.3, 0.4) is 0 Å². The molecule has 0 bridgehead atoms. The molecule has 0 unspecified atom stereocenters. The molecule has 0 fully saturated rings. The van der Waals surface area contributed by atoms with Gasteiger partial charge in [0.15, 0.2) is 5.78 Å². The molecule has 0 aromatic heterocycles. The molecule has 4 heteroatoms. The fourth-order valence-corrected chi connectivity index (χ4v) is 3.33. The molecule has 0 aromatic carbocycles. The average Bonchev–Trinajstić information content (AvgIpc) is 2.11. The minimum Gasteiger partial charge on any atom is -0.308 e. The quantitative estimate of drug-likeness (QED) is 0.794. The van der Waals surface area contributed by atoms with Gasteiger partial charge in [-0.15, -0.1) is 12.4 Å². The van der Waals surface area contributed by atoms with Crippen LogP contribution in [0.1, 0.15) is 27.2 Å². The van der Waals surface area contributed by atoms with Crippen LogP contribution in [-0.4, -0.2) is 56.9 Å². The largest absolute Gasteiger partial charge is 0.308 e. The summed E-state index contributed by atoms with van der Waals surface area (Å²) in [7, 11) is 8.19. The van der Waals surface area contributed by atoms with Gasteiger partial charge >= 0.3 is 0 Å². The Kier molecular flexibility index (Phi) is 6.25. The van der Waals surface area contributed by atoms with Gasteiger partial charge in [-0.3, -0.25) is 4.79 Å². The number of ketones is 1. The molecule has 0 radical (unpaired) electrons. The van der Waals surface area contributed by atoms with Crippen LogP contribution in [0.5, 0.6) is 0 Å². The second kappa shape index (κ2) is 6.38. The number of carbonyl (C=O) groups is 1. The van der Waals surface area contributed by atoms with Gasteiger partial charge in [0, 0.05) is 13.1 Å². The molecule has 0 heterocycles. The minimum absolute atomic E-state index is 0. The molecule has 1 aliphatic rings. The molecule has 0 amide bonds. The normalized spacial score (nSPS) is 21.3. The van der Waals surface area contributed by atoms with E-state index in [4.69, 9.17) is 0 Å². The van der Waals surface area contributed by atoms with E-state index in [1.54, 1.807) is 0 Å². The Morgan fingerprint density at radius 1 is 1.11 bits per heavy atom. The highest BCUT2D eigenvalue weighted by molar-refractivity contribution is 5.97. The van der Waals surface area contributed by atoms with Gasteiger partial charge < -0.3 is 9.80 Å². The lowest BCUT2D eigenvalue weighted by molar-refractivity contribution is -0.135. The third-order valence-electron chi connectivity index (χ3n) is 4.04. The topological polar surface area (TPSA) is 23.6 Å². The maximum absolute atomic E-state index is 12.7. The van der Waals surface area contributed by atoms with Crippen molar-refractivity contribution in [3.8, 4) is 0 Å². The number of nitrogens with zero attached hydrogens (tertiary/aromatic N) is 2. The molecule has 19 heavy (non-hydrogen) atoms. The van der Waals surface area contributed by atoms with Crippen molar-refractivity contribution < 1.29 is 4.79 Å². The Balaban J connectivity index is 0.00000324. The fraction of sp³-hybridized carbons (Fsp3) is 0.800. The molecule has 0 N–H and O–H groups in total. The lowest BCUT2D eigenvalue weighted by Crippen LogP contribution is -2.57. The molecule has 0 atom stereocenters. The van der Waals surface area contributed by atoms with Crippen LogP contribution in [0.15, 0.2) is 11.6 Å². The summed E-state index contributed by atoms with van der Waals surface area (Å²) < 4.78 is 0. The summed E-state index contributed by atoms with van der Waals surface area (Å²) in [5, 5.41) is 0. The van der Waals surface area contributed by atoms with Gasteiger partial charge in [0.1, 0.15) is 0 Å². The van der Waals surface area contributed by atoms with Crippen molar-refractivity contribution in [3.05, 3.63) is 11.6 Å². The van der Waals surface area contributed by atoms with Crippen molar-refractivity contribution in [2.75, 3.05) is 41.3 Å². The Hall–Kier alpha value is -0.380. The predicted octanol–water partition coefficient (Wildman–Crippen LogP) is 2.46. The highest BCUT2D eigenvalue weighted by atomic mass is 35.5. The van der Waals surface area contributed by atoms with Crippen LogP contribution in [0.25, 0.3) is 0 Å². The molecule has 0 aliphatic heterocycles. The third kappa shape index (κ3) is 3.80. The van der Waals surface area contributed by atoms with E-state index in [9.17, 15) is 4.79 Å². The Morgan fingerprint density at radius 2 is 1.53 bits per heavy atom. The van der Waals surface area contributed by atoms with Gasteiger partial charge in [0.05, 0.1) is 5.41 Å². The van der Waals surface area contributed by atoms with Crippen LogP contribution in [0.4, 0.5) is 0 Å². The van der Waals surface area contributed by atoms with Crippen LogP contribution in [-0.2, 0) is 4.79 Å². The monoisotopic (exact) mass is 288 g/mol. The van der Waals surface area contributed by atoms with Crippen LogP contribution in [0, 0.1) is 10.8 Å². The number of rotatable bonds is 4. The van der Waals surface area contributed by atoms with Crippen molar-refractivity contribution in [2.45, 2.75) is 27.2 Å². The van der Waals surface area contributed by atoms with E-state index in [-0.39, 0.29) is 23.2 Å². The number of hydrogen-bond acceptors (Lipinski definition) is 3. The number of hydrogen-bond donors (Lipinski definition) is 0. The van der Waals surface area contributed by atoms with E-state index >= 15 is 0 Å². The molecule has 0 saturated carbocycles. The minimum atomic E-state index is -0.306. The van der Waals surface area contributed by atoms with E-state index in [0.29, 0.717) is 5.78 Å². The summed E-state index contributed by atoms with van der Waals surface area (Å²) in [4.78, 5) is 17.0. The Labute approximate surface area is 124 Å². The van der Waals surface area contributed by atoms with E-state index in [0.717, 1.165) is 19.5 Å². The van der Waals surface area contributed by atoms with Gasteiger partial charge in [-0.1, -0.05) is 19.4 Å². The standard InChI is InChI=1S/C15H28N2O.ClH/c1-12-8-13(18)15(10-16(4)5,11-17(6)7)14(2,3)9-12;/h8H,9-11H2,1-7H3;1H. The molecular formula is C15H29ClN2O. The number of allylic oxidation sites excluding steroid dienone is 2. The molecule has 0 aromatic rings. The van der Waals surface area contributed by atoms with E-state index in [1.807, 2.05) is 34.3 Å². The Morgan fingerprint density at radius 3 is 1.84 bits per heavy atom. The van der Waals surface area contributed by atoms with Crippen molar-refractivity contribution >= 4 is 18.2 Å². The van der Waals surface area contributed by atoms with Gasteiger partial charge in [0.25, 0.3) is 0 Å². The maximum Gasteiger partial charge on any atom is 0.164 e. The van der Waals surface area contributed by atoms with Crippen molar-refractivity contribution in [1.82, 2.24) is 9.80 Å². The van der Waals surface area contributed by atoms with Crippen LogP contribution < -0.4 is 0 Å². The smallest absolute Gasteiger partial charge is 0.164 e. The summed E-state index contributed by atoms with van der Waals surface area (Å²) in [5.74, 6) is 0.290. The van der Waals surface area contributed by atoms with Crippen LogP contribution >= 0.6 is 12.4 Å². The second-order valence-corrected chi connectivity index (χ2v) is 6.97. The summed E-state index contributed by atoms with van der Waals surface area (Å²) in [6, 6.07) is 0. The SMILES string of the molecule is CC1=CC(=O)C(CN(C)C)(CN(C)C)C(C)(C)C1.Cl. The summed E-state index contributed by atoms with van der Waals surface area (Å²) in [6.07, 6.45) is 2.86. The van der Waals surface area contributed by atoms with Gasteiger partial charge in [-0.2, -0.15) is 0 Å². The molecular weight excluding hydrogens is 260 g/mol. The van der Waals surface area contributed by atoms with E-state index < -0.39 is 0 Å². The summed E-state index contributed by atoms with van der Waals surface area (Å²) in [5.41, 5.74) is 0.898. The molecule has 112 valence electrons. The summed E-state index contributed by atoms with van der Waals surface area (Å²) >= 11 is 0. The first-order chi connectivity index (χ1) is 8.10. The van der Waals surface area contributed by atoms with Gasteiger partial charge in [0.2, 0.25) is 0 Å². The molecule has 1 aliphatic carbocycles. The zero-order valence-electron chi connectivity index (χ0n) is 13.4. The average molecular weight is 289 g/mol. The lowest BCUT2D eigenvalue weighted by Gasteiger charge is -2.50. The first kappa shape index (κ1) is 18.6. The van der Waals surface area contributed by atoms with Gasteiger partial charge in [-0.25, -0.2) is 0 Å². The Bertz CT molecular complexity index is 349. The van der Waals surface area contributed by atoms with Crippen molar-refractivity contribution in [3.63, 3.8) is 0 Å². The van der Waals surface area contributed by atoms with Crippen molar-refractivity contribution in [1.29, 1.82) is 0 Å². The predicted molar refractivity (Wildman–Crippen MR) is 84.0 cm³/mol. The summed E-state index contributed by atoms with van der Waals surface area (Å²) in [6.45, 7) is 8.14. The fourth-order valence-electron chi connectivity index (χ4n) is 3.33. The van der Waals surface area contributed by atoms with Crippen LogP contribution in [0.2, 0.25) is 0 Å². The maximum atomic E-state index is 12.7. The molecule has 1 rings (SSSR count). The molecule has 0 saturated heterocycles. The zero-order valence-corrected chi connectivity index (χ0v) is 14.2. The highest BCUT2D eigenvalue weighted by Crippen LogP contribution is 2.48.